The molecule has 0 saturated carbocycles. The van der Waals surface area contributed by atoms with Gasteiger partial charge in [-0.15, -0.1) is 0 Å². The van der Waals surface area contributed by atoms with Crippen molar-refractivity contribution in [3.63, 3.8) is 0 Å². The van der Waals surface area contributed by atoms with Gasteiger partial charge in [-0.05, 0) is 37.0 Å². The molecule has 0 bridgehead atoms. The van der Waals surface area contributed by atoms with Crippen molar-refractivity contribution in [2.24, 2.45) is 0 Å². The monoisotopic (exact) mass is 315 g/mol. The van der Waals surface area contributed by atoms with Crippen molar-refractivity contribution in [1.82, 2.24) is 0 Å². The van der Waals surface area contributed by atoms with E-state index < -0.39 is 9.84 Å². The summed E-state index contributed by atoms with van der Waals surface area (Å²) in [6.07, 6.45) is 2.97. The standard InChI is InChI=1S/C14H18ClNO3S/c1-10-12(15)6-5-11-4-3-8-16(14(10)11)13(17)7-9-20(2,18)19/h5-6H,3-4,7-9H2,1-2H3. The van der Waals surface area contributed by atoms with E-state index in [1.165, 1.54) is 0 Å². The largest absolute Gasteiger partial charge is 0.312 e. The molecule has 0 fully saturated rings. The molecule has 0 aliphatic carbocycles. The van der Waals surface area contributed by atoms with Crippen molar-refractivity contribution in [3.05, 3.63) is 28.3 Å². The number of rotatable bonds is 3. The van der Waals surface area contributed by atoms with Crippen molar-refractivity contribution < 1.29 is 13.2 Å². The number of nitrogens with zero attached hydrogens (tertiary/aromatic N) is 1. The highest BCUT2D eigenvalue weighted by Crippen LogP contribution is 2.35. The molecule has 1 amide bonds. The van der Waals surface area contributed by atoms with E-state index in [1.807, 2.05) is 19.1 Å². The van der Waals surface area contributed by atoms with Crippen LogP contribution in [0.5, 0.6) is 0 Å². The van der Waals surface area contributed by atoms with Gasteiger partial charge in [0, 0.05) is 24.2 Å². The van der Waals surface area contributed by atoms with Crippen LogP contribution in [0.2, 0.25) is 5.02 Å². The van der Waals surface area contributed by atoms with Crippen LogP contribution in [-0.2, 0) is 21.1 Å². The molecule has 6 heteroatoms. The van der Waals surface area contributed by atoms with Crippen LogP contribution in [0.3, 0.4) is 0 Å². The normalized spacial score (nSPS) is 15.1. The van der Waals surface area contributed by atoms with Crippen LogP contribution in [0.25, 0.3) is 0 Å². The first-order valence-corrected chi connectivity index (χ1v) is 8.99. The Balaban J connectivity index is 2.28. The average molecular weight is 316 g/mol. The minimum absolute atomic E-state index is 0.0181. The number of fused-ring (bicyclic) bond motifs is 1. The molecule has 20 heavy (non-hydrogen) atoms. The number of halogens is 1. The fourth-order valence-electron chi connectivity index (χ4n) is 2.51. The predicted octanol–water partition coefficient (Wildman–Crippen LogP) is 2.36. The highest BCUT2D eigenvalue weighted by atomic mass is 35.5. The third kappa shape index (κ3) is 3.33. The third-order valence-electron chi connectivity index (χ3n) is 3.53. The van der Waals surface area contributed by atoms with Gasteiger partial charge in [0.2, 0.25) is 5.91 Å². The van der Waals surface area contributed by atoms with Gasteiger partial charge in [0.05, 0.1) is 11.4 Å². The average Bonchev–Trinajstić information content (AvgIpc) is 2.39. The summed E-state index contributed by atoms with van der Waals surface area (Å²) in [6, 6.07) is 3.79. The quantitative estimate of drug-likeness (QED) is 0.860. The zero-order valence-corrected chi connectivity index (χ0v) is 13.2. The molecule has 1 aromatic rings. The molecule has 1 aromatic carbocycles. The van der Waals surface area contributed by atoms with Crippen molar-refractivity contribution in [1.29, 1.82) is 0 Å². The Kier molecular flexibility index (Phi) is 4.39. The number of hydrogen-bond donors (Lipinski definition) is 0. The minimum Gasteiger partial charge on any atom is -0.312 e. The topological polar surface area (TPSA) is 54.5 Å². The predicted molar refractivity (Wildman–Crippen MR) is 81.2 cm³/mol. The fourth-order valence-corrected chi connectivity index (χ4v) is 3.20. The second-order valence-electron chi connectivity index (χ2n) is 5.21. The summed E-state index contributed by atoms with van der Waals surface area (Å²) in [5.41, 5.74) is 2.85. The third-order valence-corrected chi connectivity index (χ3v) is 4.89. The van der Waals surface area contributed by atoms with E-state index in [9.17, 15) is 13.2 Å². The molecule has 1 aliphatic rings. The molecule has 0 radical (unpaired) electrons. The van der Waals surface area contributed by atoms with E-state index in [2.05, 4.69) is 0 Å². The van der Waals surface area contributed by atoms with Gasteiger partial charge in [0.25, 0.3) is 0 Å². The van der Waals surface area contributed by atoms with Gasteiger partial charge in [-0.25, -0.2) is 8.42 Å². The van der Waals surface area contributed by atoms with Gasteiger partial charge in [0.15, 0.2) is 0 Å². The first kappa shape index (κ1) is 15.3. The van der Waals surface area contributed by atoms with E-state index in [1.54, 1.807) is 4.90 Å². The number of hydrogen-bond acceptors (Lipinski definition) is 3. The number of benzene rings is 1. The fraction of sp³-hybridized carbons (Fsp3) is 0.500. The molecule has 0 unspecified atom stereocenters. The van der Waals surface area contributed by atoms with E-state index in [0.29, 0.717) is 11.6 Å². The molecule has 2 rings (SSSR count). The lowest BCUT2D eigenvalue weighted by Crippen LogP contribution is -2.37. The van der Waals surface area contributed by atoms with Gasteiger partial charge in [0.1, 0.15) is 9.84 Å². The number of aryl methyl sites for hydroxylation is 1. The summed E-state index contributed by atoms with van der Waals surface area (Å²) in [6.45, 7) is 2.51. The first-order chi connectivity index (χ1) is 9.29. The molecule has 4 nitrogen and oxygen atoms in total. The highest BCUT2D eigenvalue weighted by Gasteiger charge is 2.25. The van der Waals surface area contributed by atoms with Crippen LogP contribution >= 0.6 is 11.6 Å². The van der Waals surface area contributed by atoms with E-state index in [-0.39, 0.29) is 18.1 Å². The number of anilines is 1. The number of sulfone groups is 1. The van der Waals surface area contributed by atoms with Crippen LogP contribution in [-0.4, -0.2) is 32.9 Å². The lowest BCUT2D eigenvalue weighted by molar-refractivity contribution is -0.118. The summed E-state index contributed by atoms with van der Waals surface area (Å²) in [5, 5.41) is 0.631. The molecule has 1 heterocycles. The molecule has 0 aromatic heterocycles. The van der Waals surface area contributed by atoms with Crippen LogP contribution in [0.15, 0.2) is 12.1 Å². The Morgan fingerprint density at radius 3 is 2.75 bits per heavy atom. The molecule has 0 N–H and O–H groups in total. The maximum atomic E-state index is 12.3. The maximum Gasteiger partial charge on any atom is 0.228 e. The zero-order chi connectivity index (χ0) is 14.9. The van der Waals surface area contributed by atoms with E-state index >= 15 is 0 Å². The molecular formula is C14H18ClNO3S. The van der Waals surface area contributed by atoms with Crippen molar-refractivity contribution in [2.75, 3.05) is 23.5 Å². The SMILES string of the molecule is Cc1c(Cl)ccc2c1N(C(=O)CCS(C)(=O)=O)CCC2. The smallest absolute Gasteiger partial charge is 0.228 e. The summed E-state index contributed by atoms with van der Waals surface area (Å²) in [4.78, 5) is 14.0. The van der Waals surface area contributed by atoms with Gasteiger partial charge < -0.3 is 4.90 Å². The summed E-state index contributed by atoms with van der Waals surface area (Å²) in [5.74, 6) is -0.265. The van der Waals surface area contributed by atoms with Crippen molar-refractivity contribution in [3.8, 4) is 0 Å². The van der Waals surface area contributed by atoms with Crippen LogP contribution in [0.1, 0.15) is 24.0 Å². The van der Waals surface area contributed by atoms with Crippen molar-refractivity contribution >= 4 is 33.0 Å². The zero-order valence-electron chi connectivity index (χ0n) is 11.6. The molecule has 0 spiro atoms. The Morgan fingerprint density at radius 2 is 2.10 bits per heavy atom. The van der Waals surface area contributed by atoms with Crippen LogP contribution < -0.4 is 4.90 Å². The summed E-state index contributed by atoms with van der Waals surface area (Å²) in [7, 11) is -3.13. The van der Waals surface area contributed by atoms with Gasteiger partial charge >= 0.3 is 0 Å². The van der Waals surface area contributed by atoms with Gasteiger partial charge in [-0.3, -0.25) is 4.79 Å². The Morgan fingerprint density at radius 1 is 1.40 bits per heavy atom. The first-order valence-electron chi connectivity index (χ1n) is 6.55. The summed E-state index contributed by atoms with van der Waals surface area (Å²) >= 11 is 6.13. The molecular weight excluding hydrogens is 298 g/mol. The number of carbonyl (C=O) groups excluding carboxylic acids is 1. The van der Waals surface area contributed by atoms with Crippen molar-refractivity contribution in [2.45, 2.75) is 26.2 Å². The molecule has 1 aliphatic heterocycles. The Hall–Kier alpha value is -1.07. The second kappa shape index (κ2) is 5.74. The maximum absolute atomic E-state index is 12.3. The lowest BCUT2D eigenvalue weighted by atomic mass is 9.98. The second-order valence-corrected chi connectivity index (χ2v) is 7.88. The van der Waals surface area contributed by atoms with E-state index in [4.69, 9.17) is 11.6 Å². The Bertz CT molecular complexity index is 640. The van der Waals surface area contributed by atoms with Crippen LogP contribution in [0.4, 0.5) is 5.69 Å². The number of amides is 1. The van der Waals surface area contributed by atoms with Gasteiger partial charge in [-0.2, -0.15) is 0 Å². The molecule has 110 valence electrons. The highest BCUT2D eigenvalue weighted by molar-refractivity contribution is 7.90. The Labute approximate surface area is 124 Å². The minimum atomic E-state index is -3.13. The van der Waals surface area contributed by atoms with Crippen LogP contribution in [0, 0.1) is 6.92 Å². The summed E-state index contributed by atoms with van der Waals surface area (Å²) < 4.78 is 22.4. The molecule has 0 atom stereocenters. The van der Waals surface area contributed by atoms with E-state index in [0.717, 1.165) is 35.9 Å². The number of carbonyl (C=O) groups is 1. The lowest BCUT2D eigenvalue weighted by Gasteiger charge is -2.31. The molecule has 0 saturated heterocycles. The van der Waals surface area contributed by atoms with Gasteiger partial charge in [-0.1, -0.05) is 17.7 Å².